The second kappa shape index (κ2) is 10.9. The number of ether oxygens (including phenoxy) is 1. The minimum Gasteiger partial charge on any atom is -0.464 e. The van der Waals surface area contributed by atoms with Gasteiger partial charge in [-0.05, 0) is 47.2 Å². The largest absolute Gasteiger partial charge is 0.464 e. The van der Waals surface area contributed by atoms with Crippen molar-refractivity contribution in [2.45, 2.75) is 32.6 Å². The number of benzene rings is 2. The van der Waals surface area contributed by atoms with Gasteiger partial charge in [0, 0.05) is 54.2 Å². The van der Waals surface area contributed by atoms with Gasteiger partial charge in [0.1, 0.15) is 0 Å². The van der Waals surface area contributed by atoms with Gasteiger partial charge >= 0.3 is 12.0 Å². The first-order chi connectivity index (χ1) is 19.6. The molecule has 5 rings (SSSR count). The zero-order valence-electron chi connectivity index (χ0n) is 23.8. The topological polar surface area (TPSA) is 106 Å². The maximum Gasteiger partial charge on any atom is 0.356 e. The molecule has 2 N–H and O–H groups in total. The molecule has 0 fully saturated rings. The normalized spacial score (nSPS) is 13.6. The van der Waals surface area contributed by atoms with Crippen LogP contribution in [0, 0.1) is 0 Å². The van der Waals surface area contributed by atoms with Gasteiger partial charge in [-0.3, -0.25) is 9.78 Å². The molecule has 3 amide bonds. The zero-order valence-corrected chi connectivity index (χ0v) is 23.8. The fourth-order valence-electron chi connectivity index (χ4n) is 5.36. The summed E-state index contributed by atoms with van der Waals surface area (Å²) in [6.07, 6.45) is 5.72. The molecule has 210 valence electrons. The van der Waals surface area contributed by atoms with E-state index >= 15 is 0 Å². The van der Waals surface area contributed by atoms with E-state index in [2.05, 4.69) is 15.6 Å². The van der Waals surface area contributed by atoms with Crippen LogP contribution < -0.4 is 15.5 Å². The maximum absolute atomic E-state index is 13.2. The van der Waals surface area contributed by atoms with E-state index in [1.807, 2.05) is 69.3 Å². The summed E-state index contributed by atoms with van der Waals surface area (Å²) in [6, 6.07) is 16.5. The monoisotopic (exact) mass is 551 g/mol. The lowest BCUT2D eigenvalue weighted by Crippen LogP contribution is -2.33. The molecule has 1 aliphatic heterocycles. The van der Waals surface area contributed by atoms with Gasteiger partial charge in [-0.15, -0.1) is 0 Å². The number of fused-ring (bicyclic) bond motifs is 1. The number of esters is 1. The van der Waals surface area contributed by atoms with E-state index in [-0.39, 0.29) is 17.0 Å². The van der Waals surface area contributed by atoms with Crippen LogP contribution in [0.2, 0.25) is 0 Å². The molecule has 0 atom stereocenters. The molecule has 0 spiro atoms. The third-order valence-corrected chi connectivity index (χ3v) is 7.29. The molecule has 1 aliphatic rings. The molecule has 4 aromatic rings. The van der Waals surface area contributed by atoms with Gasteiger partial charge in [-0.1, -0.05) is 51.1 Å². The van der Waals surface area contributed by atoms with Crippen molar-refractivity contribution in [3.63, 3.8) is 0 Å². The Kier molecular flexibility index (Phi) is 7.36. The van der Waals surface area contributed by atoms with Crippen LogP contribution in [0.3, 0.4) is 0 Å². The van der Waals surface area contributed by atoms with Crippen molar-refractivity contribution in [1.29, 1.82) is 0 Å². The third-order valence-electron chi connectivity index (χ3n) is 7.29. The number of rotatable bonds is 5. The van der Waals surface area contributed by atoms with Crippen LogP contribution in [0.1, 0.15) is 48.9 Å². The van der Waals surface area contributed by atoms with E-state index in [4.69, 9.17) is 4.74 Å². The molecule has 0 saturated heterocycles. The van der Waals surface area contributed by atoms with Crippen molar-refractivity contribution in [1.82, 2.24) is 9.55 Å². The van der Waals surface area contributed by atoms with Gasteiger partial charge in [-0.25, -0.2) is 9.59 Å². The van der Waals surface area contributed by atoms with E-state index < -0.39 is 12.0 Å². The molecule has 0 radical (unpaired) electrons. The average molecular weight is 552 g/mol. The van der Waals surface area contributed by atoms with Crippen LogP contribution >= 0.6 is 0 Å². The molecular formula is C32H33N5O4. The van der Waals surface area contributed by atoms with Crippen LogP contribution in [-0.2, 0) is 22.0 Å². The second-order valence-electron chi connectivity index (χ2n) is 11.0. The Labute approximate surface area is 238 Å². The summed E-state index contributed by atoms with van der Waals surface area (Å²) in [5.74, 6) is -0.618. The Bertz CT molecular complexity index is 1680. The highest BCUT2D eigenvalue weighted by atomic mass is 16.5. The second-order valence-corrected chi connectivity index (χ2v) is 11.0. The number of methoxy groups -OCH3 is 1. The number of amides is 3. The molecule has 9 heteroatoms. The van der Waals surface area contributed by atoms with Gasteiger partial charge in [0.05, 0.1) is 18.5 Å². The Morgan fingerprint density at radius 1 is 0.951 bits per heavy atom. The minimum absolute atomic E-state index is 0.0815. The highest BCUT2D eigenvalue weighted by Crippen LogP contribution is 2.35. The van der Waals surface area contributed by atoms with E-state index in [0.717, 1.165) is 33.3 Å². The number of urea groups is 1. The molecule has 0 bridgehead atoms. The van der Waals surface area contributed by atoms with E-state index in [0.29, 0.717) is 24.3 Å². The van der Waals surface area contributed by atoms with Gasteiger partial charge < -0.3 is 24.8 Å². The van der Waals surface area contributed by atoms with E-state index in [9.17, 15) is 14.4 Å². The first-order valence-electron chi connectivity index (χ1n) is 13.4. The van der Waals surface area contributed by atoms with Crippen LogP contribution in [0.15, 0.2) is 73.1 Å². The van der Waals surface area contributed by atoms with Crippen LogP contribution in [0.4, 0.5) is 21.9 Å². The molecule has 0 aliphatic carbocycles. The van der Waals surface area contributed by atoms with Crippen molar-refractivity contribution in [2.75, 3.05) is 29.2 Å². The number of carbonyl (C=O) groups excluding carboxylic acids is 3. The van der Waals surface area contributed by atoms with Crippen molar-refractivity contribution < 1.29 is 19.1 Å². The quantitative estimate of drug-likeness (QED) is 0.291. The molecule has 2 aromatic heterocycles. The fraction of sp³-hybridized carbons (Fsp3) is 0.250. The summed E-state index contributed by atoms with van der Waals surface area (Å²) in [5.41, 5.74) is 4.56. The smallest absolute Gasteiger partial charge is 0.356 e. The molecular weight excluding hydrogens is 518 g/mol. The molecule has 3 heterocycles. The molecule has 0 saturated carbocycles. The number of pyridine rings is 1. The van der Waals surface area contributed by atoms with E-state index in [1.54, 1.807) is 41.1 Å². The fourth-order valence-corrected chi connectivity index (χ4v) is 5.36. The van der Waals surface area contributed by atoms with Crippen molar-refractivity contribution >= 4 is 51.3 Å². The molecule has 0 unspecified atom stereocenters. The number of anilines is 3. The van der Waals surface area contributed by atoms with Crippen LogP contribution in [-0.4, -0.2) is 41.1 Å². The summed E-state index contributed by atoms with van der Waals surface area (Å²) in [6.45, 7) is 6.66. The highest BCUT2D eigenvalue weighted by molar-refractivity contribution is 6.13. The zero-order chi connectivity index (χ0) is 29.3. The Morgan fingerprint density at radius 2 is 1.63 bits per heavy atom. The molecule has 41 heavy (non-hydrogen) atoms. The van der Waals surface area contributed by atoms with Gasteiger partial charge in [0.25, 0.3) is 5.91 Å². The first-order valence-corrected chi connectivity index (χ1v) is 13.4. The van der Waals surface area contributed by atoms with Crippen molar-refractivity contribution in [3.05, 3.63) is 90.0 Å². The lowest BCUT2D eigenvalue weighted by atomic mass is 9.92. The van der Waals surface area contributed by atoms with Gasteiger partial charge in [0.15, 0.2) is 5.69 Å². The summed E-state index contributed by atoms with van der Waals surface area (Å²) in [5, 5.41) is 7.54. The van der Waals surface area contributed by atoms with Gasteiger partial charge in [-0.2, -0.15) is 0 Å². The summed E-state index contributed by atoms with van der Waals surface area (Å²) in [4.78, 5) is 44.6. The number of aromatic nitrogens is 2. The van der Waals surface area contributed by atoms with E-state index in [1.165, 1.54) is 7.11 Å². The molecule has 9 nitrogen and oxygen atoms in total. The number of nitrogens with one attached hydrogen (secondary N) is 2. The minimum atomic E-state index is -0.536. The Balaban J connectivity index is 1.42. The van der Waals surface area contributed by atoms with Crippen LogP contribution in [0.5, 0.6) is 0 Å². The van der Waals surface area contributed by atoms with Crippen molar-refractivity contribution in [3.8, 4) is 0 Å². The number of hydrogen-bond acceptors (Lipinski definition) is 5. The number of hydrogen-bond donors (Lipinski definition) is 2. The predicted molar refractivity (Wildman–Crippen MR) is 161 cm³/mol. The summed E-state index contributed by atoms with van der Waals surface area (Å²) >= 11 is 0. The first kappa shape index (κ1) is 27.6. The average Bonchev–Trinajstić information content (AvgIpc) is 3.29. The van der Waals surface area contributed by atoms with Gasteiger partial charge in [0.2, 0.25) is 0 Å². The van der Waals surface area contributed by atoms with Crippen LogP contribution in [0.25, 0.3) is 16.3 Å². The third kappa shape index (κ3) is 5.43. The lowest BCUT2D eigenvalue weighted by Gasteiger charge is -2.27. The molecule has 2 aromatic carbocycles. The SMILES string of the molecule is COC(=O)c1c(NC(=O)Nc2ccc(C3=CC(=O)N(c4ccncc4)CC3)c3ccccc23)cc(C(C)(C)C)n1C. The Hall–Kier alpha value is -4.92. The summed E-state index contributed by atoms with van der Waals surface area (Å²) < 4.78 is 6.74. The Morgan fingerprint density at radius 3 is 2.29 bits per heavy atom. The lowest BCUT2D eigenvalue weighted by molar-refractivity contribution is -0.114. The maximum atomic E-state index is 13.2. The highest BCUT2D eigenvalue weighted by Gasteiger charge is 2.27. The number of carbonyl (C=O) groups is 3. The standard InChI is InChI=1S/C32H33N5O4/c1-32(2,3)27-19-26(29(36(27)4)30(39)41-5)35-31(40)34-25-11-10-22(23-8-6-7-9-24(23)25)20-14-17-37(28(38)18-20)21-12-15-33-16-13-21/h6-13,15-16,18-19H,14,17H2,1-5H3,(H2,34,35,40). The number of nitrogens with zero attached hydrogens (tertiary/aromatic N) is 3. The predicted octanol–water partition coefficient (Wildman–Crippen LogP) is 6.12. The summed E-state index contributed by atoms with van der Waals surface area (Å²) in [7, 11) is 3.10. The van der Waals surface area contributed by atoms with Crippen molar-refractivity contribution in [2.24, 2.45) is 7.05 Å².